The van der Waals surface area contributed by atoms with Crippen LogP contribution in [0.4, 0.5) is 10.1 Å². The number of nitrogens with two attached hydrogens (primary N) is 1. The summed E-state index contributed by atoms with van der Waals surface area (Å²) in [5.41, 5.74) is 5.23. The molecule has 1 aromatic rings. The van der Waals surface area contributed by atoms with Crippen LogP contribution in [-0.2, 0) is 10.0 Å². The molecule has 0 aliphatic rings. The van der Waals surface area contributed by atoms with Gasteiger partial charge in [0.1, 0.15) is 4.90 Å². The smallest absolute Gasteiger partial charge is 0.246 e. The number of unbranched alkanes of at least 4 members (excludes halogenated alkanes) is 1. The van der Waals surface area contributed by atoms with Gasteiger partial charge in [0.15, 0.2) is 5.82 Å². The largest absolute Gasteiger partial charge is 0.395 e. The van der Waals surface area contributed by atoms with E-state index in [1.165, 1.54) is 4.31 Å². The van der Waals surface area contributed by atoms with Crippen LogP contribution in [0.3, 0.4) is 0 Å². The molecule has 0 saturated heterocycles. The van der Waals surface area contributed by atoms with Crippen LogP contribution >= 0.6 is 27.5 Å². The molecule has 0 aliphatic heterocycles. The van der Waals surface area contributed by atoms with E-state index >= 15 is 0 Å². The third-order valence-electron chi connectivity index (χ3n) is 2.89. The molecular weight excluding hydrogens is 371 g/mol. The fraction of sp³-hybridized carbons (Fsp3) is 0.500. The lowest BCUT2D eigenvalue weighted by molar-refractivity contribution is 0.415. The third-order valence-corrected chi connectivity index (χ3v) is 6.24. The van der Waals surface area contributed by atoms with Gasteiger partial charge in [-0.3, -0.25) is 0 Å². The van der Waals surface area contributed by atoms with Gasteiger partial charge in [0.25, 0.3) is 0 Å². The molecule has 1 aromatic carbocycles. The number of sulfonamides is 1. The van der Waals surface area contributed by atoms with Crippen LogP contribution in [-0.4, -0.2) is 25.8 Å². The molecule has 114 valence electrons. The van der Waals surface area contributed by atoms with Crippen molar-refractivity contribution in [2.45, 2.75) is 31.6 Å². The Hall–Kier alpha value is -0.370. The highest BCUT2D eigenvalue weighted by molar-refractivity contribution is 9.10. The molecule has 0 saturated carbocycles. The van der Waals surface area contributed by atoms with E-state index in [9.17, 15) is 12.8 Å². The average Bonchev–Trinajstić information content (AvgIpc) is 2.41. The molecular formula is C12H17BrClFN2O2S. The maximum absolute atomic E-state index is 14.1. The van der Waals surface area contributed by atoms with Crippen LogP contribution in [0.15, 0.2) is 15.4 Å². The molecule has 0 heterocycles. The molecule has 0 aromatic heterocycles. The van der Waals surface area contributed by atoms with E-state index in [1.54, 1.807) is 6.92 Å². The van der Waals surface area contributed by atoms with E-state index in [4.69, 9.17) is 17.3 Å². The van der Waals surface area contributed by atoms with Crippen molar-refractivity contribution in [2.75, 3.05) is 18.8 Å². The summed E-state index contributed by atoms with van der Waals surface area (Å²) in [5, 5.41) is 0.0639. The van der Waals surface area contributed by atoms with Gasteiger partial charge in [-0.25, -0.2) is 12.8 Å². The third kappa shape index (κ3) is 3.44. The molecule has 0 aliphatic carbocycles. The second-order valence-corrected chi connectivity index (χ2v) is 7.35. The van der Waals surface area contributed by atoms with Crippen molar-refractivity contribution in [3.8, 4) is 0 Å². The first kappa shape index (κ1) is 17.7. The van der Waals surface area contributed by atoms with Gasteiger partial charge in [-0.15, -0.1) is 0 Å². The number of anilines is 1. The van der Waals surface area contributed by atoms with Crippen molar-refractivity contribution in [2.24, 2.45) is 0 Å². The zero-order chi connectivity index (χ0) is 15.5. The minimum atomic E-state index is -3.94. The summed E-state index contributed by atoms with van der Waals surface area (Å²) in [6.07, 6.45) is 1.55. The molecule has 2 N–H and O–H groups in total. The highest BCUT2D eigenvalue weighted by atomic mass is 79.9. The van der Waals surface area contributed by atoms with Crippen molar-refractivity contribution < 1.29 is 12.8 Å². The molecule has 20 heavy (non-hydrogen) atoms. The summed E-state index contributed by atoms with van der Waals surface area (Å²) >= 11 is 8.89. The van der Waals surface area contributed by atoms with E-state index in [2.05, 4.69) is 15.9 Å². The van der Waals surface area contributed by atoms with Gasteiger partial charge >= 0.3 is 0 Å². The number of halogens is 3. The van der Waals surface area contributed by atoms with Gasteiger partial charge in [0.05, 0.1) is 15.2 Å². The van der Waals surface area contributed by atoms with E-state index in [0.29, 0.717) is 13.0 Å². The van der Waals surface area contributed by atoms with E-state index < -0.39 is 20.7 Å². The molecule has 0 unspecified atom stereocenters. The van der Waals surface area contributed by atoms with Crippen molar-refractivity contribution in [3.63, 3.8) is 0 Å². The lowest BCUT2D eigenvalue weighted by Crippen LogP contribution is -2.32. The summed E-state index contributed by atoms with van der Waals surface area (Å²) in [5.74, 6) is -0.976. The average molecular weight is 388 g/mol. The number of hydrogen-bond donors (Lipinski definition) is 1. The molecule has 0 bridgehead atoms. The minimum Gasteiger partial charge on any atom is -0.395 e. The van der Waals surface area contributed by atoms with Crippen LogP contribution in [0.25, 0.3) is 0 Å². The topological polar surface area (TPSA) is 63.4 Å². The van der Waals surface area contributed by atoms with Crippen molar-refractivity contribution in [1.29, 1.82) is 0 Å². The quantitative estimate of drug-likeness (QED) is 0.599. The van der Waals surface area contributed by atoms with Crippen LogP contribution in [0.1, 0.15) is 26.7 Å². The normalized spacial score (nSPS) is 12.1. The molecule has 0 spiro atoms. The second-order valence-electron chi connectivity index (χ2n) is 4.25. The number of benzene rings is 1. The van der Waals surface area contributed by atoms with Crippen molar-refractivity contribution in [1.82, 2.24) is 4.31 Å². The molecule has 4 nitrogen and oxygen atoms in total. The maximum Gasteiger partial charge on any atom is 0.246 e. The number of hydrogen-bond acceptors (Lipinski definition) is 3. The van der Waals surface area contributed by atoms with Crippen LogP contribution < -0.4 is 5.73 Å². The zero-order valence-corrected chi connectivity index (χ0v) is 14.4. The Kier molecular flexibility index (Phi) is 6.25. The highest BCUT2D eigenvalue weighted by Gasteiger charge is 2.28. The fourth-order valence-electron chi connectivity index (χ4n) is 1.71. The first-order chi connectivity index (χ1) is 9.27. The molecule has 1 rings (SSSR count). The number of nitrogen functional groups attached to an aromatic ring is 1. The SMILES string of the molecule is CCCCN(CC)S(=O)(=O)c1cc(Cl)c(Br)c(N)c1F. The molecule has 0 radical (unpaired) electrons. The summed E-state index contributed by atoms with van der Waals surface area (Å²) in [4.78, 5) is -0.485. The van der Waals surface area contributed by atoms with Crippen LogP contribution in [0, 0.1) is 5.82 Å². The molecule has 0 atom stereocenters. The van der Waals surface area contributed by atoms with Crippen molar-refractivity contribution >= 4 is 43.2 Å². The number of nitrogens with zero attached hydrogens (tertiary/aromatic N) is 1. The summed E-state index contributed by atoms with van der Waals surface area (Å²) in [7, 11) is -3.94. The van der Waals surface area contributed by atoms with Gasteiger partial charge < -0.3 is 5.73 Å². The molecule has 0 amide bonds. The van der Waals surface area contributed by atoms with Gasteiger partial charge in [-0.2, -0.15) is 4.31 Å². The van der Waals surface area contributed by atoms with E-state index in [0.717, 1.165) is 12.5 Å². The summed E-state index contributed by atoms with van der Waals surface area (Å²) in [6, 6.07) is 1.08. The van der Waals surface area contributed by atoms with Crippen LogP contribution in [0.2, 0.25) is 5.02 Å². The van der Waals surface area contributed by atoms with Crippen LogP contribution in [0.5, 0.6) is 0 Å². The Morgan fingerprint density at radius 2 is 2.05 bits per heavy atom. The first-order valence-corrected chi connectivity index (χ1v) is 8.81. The van der Waals surface area contributed by atoms with Crippen molar-refractivity contribution in [3.05, 3.63) is 21.4 Å². The Morgan fingerprint density at radius 1 is 1.45 bits per heavy atom. The van der Waals surface area contributed by atoms with E-state index in [1.807, 2.05) is 6.92 Å². The Morgan fingerprint density at radius 3 is 2.55 bits per heavy atom. The Balaban J connectivity index is 3.35. The predicted octanol–water partition coefficient (Wildman–Crippen LogP) is 3.63. The summed E-state index contributed by atoms with van der Waals surface area (Å²) < 4.78 is 40.4. The fourth-order valence-corrected chi connectivity index (χ4v) is 3.86. The van der Waals surface area contributed by atoms with Gasteiger partial charge in [0, 0.05) is 13.1 Å². The standard InChI is InChI=1S/C12H17BrClFN2O2S/c1-3-5-6-17(4-2)20(18,19)9-7-8(14)10(13)12(16)11(9)15/h7H,3-6,16H2,1-2H3. The lowest BCUT2D eigenvalue weighted by atomic mass is 10.3. The monoisotopic (exact) mass is 386 g/mol. The molecule has 8 heteroatoms. The van der Waals surface area contributed by atoms with Gasteiger partial charge in [-0.05, 0) is 28.4 Å². The van der Waals surface area contributed by atoms with Gasteiger partial charge in [0.2, 0.25) is 10.0 Å². The maximum atomic E-state index is 14.1. The summed E-state index contributed by atoms with van der Waals surface area (Å²) in [6.45, 7) is 4.25. The first-order valence-electron chi connectivity index (χ1n) is 6.20. The minimum absolute atomic E-state index is 0.0639. The van der Waals surface area contributed by atoms with Gasteiger partial charge in [-0.1, -0.05) is 31.9 Å². The highest BCUT2D eigenvalue weighted by Crippen LogP contribution is 2.35. The van der Waals surface area contributed by atoms with E-state index in [-0.39, 0.29) is 21.7 Å². The zero-order valence-electron chi connectivity index (χ0n) is 11.3. The second kappa shape index (κ2) is 7.06. The lowest BCUT2D eigenvalue weighted by Gasteiger charge is -2.21. The molecule has 0 fully saturated rings. The Labute approximate surface area is 132 Å². The predicted molar refractivity (Wildman–Crippen MR) is 82.9 cm³/mol. The Bertz CT molecular complexity index is 596. The number of rotatable bonds is 6.